The first kappa shape index (κ1) is 17.4. The summed E-state index contributed by atoms with van der Waals surface area (Å²) in [7, 11) is 0. The summed E-state index contributed by atoms with van der Waals surface area (Å²) >= 11 is 0. The van der Waals surface area contributed by atoms with Crippen molar-refractivity contribution in [3.05, 3.63) is 0 Å². The summed E-state index contributed by atoms with van der Waals surface area (Å²) in [6, 6.07) is 0. The van der Waals surface area contributed by atoms with E-state index in [1.807, 2.05) is 0 Å². The van der Waals surface area contributed by atoms with E-state index in [-0.39, 0.29) is 0 Å². The minimum atomic E-state index is 0.472. The zero-order valence-electron chi connectivity index (χ0n) is 15.7. The predicted molar refractivity (Wildman–Crippen MR) is 94.4 cm³/mol. The Labute approximate surface area is 134 Å². The average molecular weight is 293 g/mol. The lowest BCUT2D eigenvalue weighted by Gasteiger charge is -2.44. The van der Waals surface area contributed by atoms with Gasteiger partial charge in [-0.25, -0.2) is 0 Å². The van der Waals surface area contributed by atoms with Crippen molar-refractivity contribution in [2.45, 2.75) is 99.3 Å². The van der Waals surface area contributed by atoms with E-state index < -0.39 is 0 Å². The minimum absolute atomic E-state index is 0.472. The number of hydrogen-bond donors (Lipinski definition) is 0. The zero-order chi connectivity index (χ0) is 15.7. The van der Waals surface area contributed by atoms with Crippen molar-refractivity contribution in [1.82, 2.24) is 0 Å². The Bertz CT molecular complexity index is 303. The van der Waals surface area contributed by atoms with Gasteiger partial charge >= 0.3 is 0 Å². The molecule has 0 aromatic heterocycles. The quantitative estimate of drug-likeness (QED) is 0.521. The fraction of sp³-hybridized carbons (Fsp3) is 1.00. The van der Waals surface area contributed by atoms with Crippen LogP contribution < -0.4 is 0 Å². The molecule has 0 N–H and O–H groups in total. The van der Waals surface area contributed by atoms with Crippen LogP contribution in [0.1, 0.15) is 99.3 Å². The van der Waals surface area contributed by atoms with Crippen molar-refractivity contribution < 1.29 is 0 Å². The van der Waals surface area contributed by atoms with Gasteiger partial charge in [-0.2, -0.15) is 0 Å². The van der Waals surface area contributed by atoms with Gasteiger partial charge in [-0.3, -0.25) is 0 Å². The molecule has 2 saturated carbocycles. The summed E-state index contributed by atoms with van der Waals surface area (Å²) in [4.78, 5) is 0. The fourth-order valence-corrected chi connectivity index (χ4v) is 5.64. The highest BCUT2D eigenvalue weighted by molar-refractivity contribution is 4.88. The van der Waals surface area contributed by atoms with Gasteiger partial charge in [0.2, 0.25) is 0 Å². The van der Waals surface area contributed by atoms with Crippen molar-refractivity contribution >= 4 is 0 Å². The molecule has 0 heterocycles. The molecule has 0 heteroatoms. The van der Waals surface area contributed by atoms with Gasteiger partial charge in [-0.1, -0.05) is 54.4 Å². The van der Waals surface area contributed by atoms with Crippen molar-refractivity contribution in [2.75, 3.05) is 0 Å². The van der Waals surface area contributed by atoms with Crippen LogP contribution in [0, 0.1) is 34.5 Å². The SMILES string of the molecule is CC1CCC(C2CCC(C(C)(C)CC(C)(C)C)CC2)CC1. The molecular weight excluding hydrogens is 252 g/mol. The van der Waals surface area contributed by atoms with E-state index >= 15 is 0 Å². The van der Waals surface area contributed by atoms with Crippen molar-refractivity contribution in [3.8, 4) is 0 Å². The van der Waals surface area contributed by atoms with Crippen LogP contribution in [0.25, 0.3) is 0 Å². The Morgan fingerprint density at radius 2 is 1.10 bits per heavy atom. The molecule has 2 fully saturated rings. The minimum Gasteiger partial charge on any atom is -0.0625 e. The summed E-state index contributed by atoms with van der Waals surface area (Å²) in [5, 5.41) is 0. The molecule has 0 aromatic carbocycles. The first-order valence-corrected chi connectivity index (χ1v) is 9.67. The fourth-order valence-electron chi connectivity index (χ4n) is 5.64. The molecule has 124 valence electrons. The molecule has 0 aliphatic heterocycles. The Hall–Kier alpha value is 0. The Morgan fingerprint density at radius 3 is 1.52 bits per heavy atom. The summed E-state index contributed by atoms with van der Waals surface area (Å²) in [5.41, 5.74) is 1.00. The van der Waals surface area contributed by atoms with E-state index in [9.17, 15) is 0 Å². The Kier molecular flexibility index (Phi) is 5.48. The summed E-state index contributed by atoms with van der Waals surface area (Å²) in [5.74, 6) is 4.12. The molecule has 2 aliphatic rings. The van der Waals surface area contributed by atoms with Crippen molar-refractivity contribution in [1.29, 1.82) is 0 Å². The topological polar surface area (TPSA) is 0 Å². The smallest absolute Gasteiger partial charge is 0.0321 e. The first-order chi connectivity index (χ1) is 9.67. The van der Waals surface area contributed by atoms with Gasteiger partial charge in [0.25, 0.3) is 0 Å². The molecule has 0 radical (unpaired) electrons. The van der Waals surface area contributed by atoms with Crippen molar-refractivity contribution in [2.24, 2.45) is 34.5 Å². The molecule has 0 amide bonds. The molecule has 2 aliphatic carbocycles. The highest BCUT2D eigenvalue weighted by Crippen LogP contribution is 2.48. The summed E-state index contributed by atoms with van der Waals surface area (Å²) in [6.45, 7) is 14.7. The maximum atomic E-state index is 2.53. The Balaban J connectivity index is 1.82. The van der Waals surface area contributed by atoms with Gasteiger partial charge in [-0.05, 0) is 79.4 Å². The standard InChI is InChI=1S/C21H40/c1-16-7-9-17(10-8-16)18-11-13-19(14-12-18)21(5,6)15-20(2,3)4/h16-19H,7-15H2,1-6H3. The first-order valence-electron chi connectivity index (χ1n) is 9.67. The van der Waals surface area contributed by atoms with Crippen LogP contribution in [-0.4, -0.2) is 0 Å². The van der Waals surface area contributed by atoms with Gasteiger partial charge in [-0.15, -0.1) is 0 Å². The van der Waals surface area contributed by atoms with Crippen molar-refractivity contribution in [3.63, 3.8) is 0 Å². The van der Waals surface area contributed by atoms with Crippen LogP contribution in [0.15, 0.2) is 0 Å². The largest absolute Gasteiger partial charge is 0.0625 e. The van der Waals surface area contributed by atoms with Gasteiger partial charge in [0, 0.05) is 0 Å². The van der Waals surface area contributed by atoms with E-state index in [1.54, 1.807) is 0 Å². The number of hydrogen-bond acceptors (Lipinski definition) is 0. The van der Waals surface area contributed by atoms with Crippen LogP contribution in [0.5, 0.6) is 0 Å². The second-order valence-corrected chi connectivity index (χ2v) is 10.4. The average Bonchev–Trinajstić information content (AvgIpc) is 2.37. The zero-order valence-corrected chi connectivity index (χ0v) is 15.7. The van der Waals surface area contributed by atoms with Gasteiger partial charge in [0.05, 0.1) is 0 Å². The monoisotopic (exact) mass is 292 g/mol. The molecule has 0 nitrogen and oxygen atoms in total. The number of rotatable bonds is 3. The molecule has 0 unspecified atom stereocenters. The van der Waals surface area contributed by atoms with Crippen LogP contribution in [0.2, 0.25) is 0 Å². The molecule has 0 atom stereocenters. The lowest BCUT2D eigenvalue weighted by molar-refractivity contribution is 0.0642. The van der Waals surface area contributed by atoms with E-state index in [1.165, 1.54) is 57.8 Å². The molecule has 0 aromatic rings. The second-order valence-electron chi connectivity index (χ2n) is 10.4. The molecule has 0 saturated heterocycles. The molecule has 2 rings (SSSR count). The maximum Gasteiger partial charge on any atom is -0.0321 e. The summed E-state index contributed by atoms with van der Waals surface area (Å²) < 4.78 is 0. The third kappa shape index (κ3) is 5.00. The summed E-state index contributed by atoms with van der Waals surface area (Å²) in [6.07, 6.45) is 13.5. The van der Waals surface area contributed by atoms with Crippen LogP contribution in [0.4, 0.5) is 0 Å². The highest BCUT2D eigenvalue weighted by atomic mass is 14.4. The third-order valence-corrected chi connectivity index (χ3v) is 6.59. The highest BCUT2D eigenvalue weighted by Gasteiger charge is 2.37. The van der Waals surface area contributed by atoms with E-state index in [0.29, 0.717) is 10.8 Å². The normalized spacial score (nSPS) is 35.7. The maximum absolute atomic E-state index is 2.53. The van der Waals surface area contributed by atoms with Crippen LogP contribution >= 0.6 is 0 Å². The van der Waals surface area contributed by atoms with Gasteiger partial charge < -0.3 is 0 Å². The molecular formula is C21H40. The molecule has 0 spiro atoms. The molecule has 0 bridgehead atoms. The predicted octanol–water partition coefficient (Wildman–Crippen LogP) is 7.08. The second kappa shape index (κ2) is 6.63. The van der Waals surface area contributed by atoms with Gasteiger partial charge in [0.15, 0.2) is 0 Å². The Morgan fingerprint density at radius 1 is 0.667 bits per heavy atom. The van der Waals surface area contributed by atoms with E-state index in [4.69, 9.17) is 0 Å². The lowest BCUT2D eigenvalue weighted by atomic mass is 9.61. The molecule has 21 heavy (non-hydrogen) atoms. The van der Waals surface area contributed by atoms with Gasteiger partial charge in [0.1, 0.15) is 0 Å². The van der Waals surface area contributed by atoms with Crippen LogP contribution in [0.3, 0.4) is 0 Å². The lowest BCUT2D eigenvalue weighted by Crippen LogP contribution is -2.34. The van der Waals surface area contributed by atoms with Crippen LogP contribution in [-0.2, 0) is 0 Å². The third-order valence-electron chi connectivity index (χ3n) is 6.59. The van der Waals surface area contributed by atoms with E-state index in [2.05, 4.69) is 41.5 Å². The van der Waals surface area contributed by atoms with E-state index in [0.717, 1.165) is 23.7 Å².